The summed E-state index contributed by atoms with van der Waals surface area (Å²) in [4.78, 5) is 22.4. The van der Waals surface area contributed by atoms with Crippen molar-refractivity contribution in [2.45, 2.75) is 37.8 Å². The molecule has 1 aliphatic carbocycles. The first-order valence-corrected chi connectivity index (χ1v) is 6.55. The second-order valence-corrected chi connectivity index (χ2v) is 4.85. The van der Waals surface area contributed by atoms with Crippen molar-refractivity contribution in [1.82, 2.24) is 14.9 Å². The Balaban J connectivity index is 1.80. The van der Waals surface area contributed by atoms with Gasteiger partial charge in [0.15, 0.2) is 0 Å². The molecule has 0 aromatic carbocycles. The molecule has 96 valence electrons. The minimum Gasteiger partial charge on any atom is -0.374 e. The van der Waals surface area contributed by atoms with Crippen LogP contribution in [0.4, 0.5) is 0 Å². The molecule has 18 heavy (non-hydrogen) atoms. The SMILES string of the molecule is O=C(c1cnccn1)N1CCO[C@@H]2CCCC[C@@H]21. The van der Waals surface area contributed by atoms with E-state index in [1.54, 1.807) is 12.4 Å². The van der Waals surface area contributed by atoms with Crippen LogP contribution in [0.5, 0.6) is 0 Å². The van der Waals surface area contributed by atoms with E-state index in [1.165, 1.54) is 19.0 Å². The number of nitrogens with zero attached hydrogens (tertiary/aromatic N) is 3. The molecule has 2 heterocycles. The van der Waals surface area contributed by atoms with Crippen molar-refractivity contribution in [1.29, 1.82) is 0 Å². The molecule has 0 spiro atoms. The van der Waals surface area contributed by atoms with Crippen LogP contribution in [0.3, 0.4) is 0 Å². The van der Waals surface area contributed by atoms with Gasteiger partial charge in [0.05, 0.1) is 24.9 Å². The van der Waals surface area contributed by atoms with Crippen molar-refractivity contribution in [2.24, 2.45) is 0 Å². The van der Waals surface area contributed by atoms with Crippen LogP contribution in [-0.4, -0.2) is 46.1 Å². The van der Waals surface area contributed by atoms with Gasteiger partial charge in [0.1, 0.15) is 5.69 Å². The predicted molar refractivity (Wildman–Crippen MR) is 65.1 cm³/mol. The molecule has 1 saturated heterocycles. The van der Waals surface area contributed by atoms with Crippen molar-refractivity contribution in [3.63, 3.8) is 0 Å². The second-order valence-electron chi connectivity index (χ2n) is 4.85. The number of morpholine rings is 1. The first-order chi connectivity index (χ1) is 8.86. The lowest BCUT2D eigenvalue weighted by atomic mass is 9.90. The third kappa shape index (κ3) is 2.10. The summed E-state index contributed by atoms with van der Waals surface area (Å²) in [6.07, 6.45) is 9.38. The lowest BCUT2D eigenvalue weighted by molar-refractivity contribution is -0.0754. The van der Waals surface area contributed by atoms with Crippen molar-refractivity contribution in [3.8, 4) is 0 Å². The molecule has 3 rings (SSSR count). The van der Waals surface area contributed by atoms with Gasteiger partial charge in [-0.3, -0.25) is 9.78 Å². The van der Waals surface area contributed by atoms with Crippen LogP contribution < -0.4 is 0 Å². The highest BCUT2D eigenvalue weighted by atomic mass is 16.5. The third-order valence-corrected chi connectivity index (χ3v) is 3.78. The van der Waals surface area contributed by atoms with Gasteiger partial charge in [-0.1, -0.05) is 12.8 Å². The fraction of sp³-hybridized carbons (Fsp3) is 0.615. The molecule has 0 bridgehead atoms. The molecular formula is C13H17N3O2. The highest BCUT2D eigenvalue weighted by Gasteiger charge is 2.37. The predicted octanol–water partition coefficient (Wildman–Crippen LogP) is 1.26. The monoisotopic (exact) mass is 247 g/mol. The number of amides is 1. The van der Waals surface area contributed by atoms with Gasteiger partial charge in [-0.05, 0) is 12.8 Å². The molecule has 0 unspecified atom stereocenters. The highest BCUT2D eigenvalue weighted by molar-refractivity contribution is 5.92. The zero-order valence-corrected chi connectivity index (χ0v) is 10.3. The minimum atomic E-state index is -0.0108. The molecule has 2 fully saturated rings. The van der Waals surface area contributed by atoms with Crippen molar-refractivity contribution < 1.29 is 9.53 Å². The van der Waals surface area contributed by atoms with Gasteiger partial charge in [-0.2, -0.15) is 0 Å². The average Bonchev–Trinajstić information content (AvgIpc) is 2.47. The maximum absolute atomic E-state index is 12.4. The Morgan fingerprint density at radius 3 is 3.06 bits per heavy atom. The van der Waals surface area contributed by atoms with Crippen LogP contribution in [0.2, 0.25) is 0 Å². The molecule has 1 aliphatic heterocycles. The maximum Gasteiger partial charge on any atom is 0.274 e. The number of fused-ring (bicyclic) bond motifs is 1. The Labute approximate surface area is 106 Å². The minimum absolute atomic E-state index is 0.0108. The second kappa shape index (κ2) is 5.02. The first kappa shape index (κ1) is 11.6. The van der Waals surface area contributed by atoms with Crippen LogP contribution >= 0.6 is 0 Å². The van der Waals surface area contributed by atoms with E-state index in [4.69, 9.17) is 4.74 Å². The van der Waals surface area contributed by atoms with Gasteiger partial charge in [-0.25, -0.2) is 4.98 Å². The van der Waals surface area contributed by atoms with Gasteiger partial charge < -0.3 is 9.64 Å². The van der Waals surface area contributed by atoms with E-state index < -0.39 is 0 Å². The molecule has 1 aromatic heterocycles. The number of rotatable bonds is 1. The standard InChI is InChI=1S/C13H17N3O2/c17-13(10-9-14-5-6-15-10)16-7-8-18-12-4-2-1-3-11(12)16/h5-6,9,11-12H,1-4,7-8H2/t11-,12+/m0/s1. The number of ether oxygens (including phenoxy) is 1. The van der Waals surface area contributed by atoms with Gasteiger partial charge >= 0.3 is 0 Å². The van der Waals surface area contributed by atoms with Crippen molar-refractivity contribution >= 4 is 5.91 Å². The zero-order valence-electron chi connectivity index (χ0n) is 10.3. The Morgan fingerprint density at radius 1 is 1.33 bits per heavy atom. The number of carbonyl (C=O) groups is 1. The lowest BCUT2D eigenvalue weighted by Crippen LogP contribution is -2.55. The summed E-state index contributed by atoms with van der Waals surface area (Å²) in [5.74, 6) is -0.0108. The Kier molecular flexibility index (Phi) is 3.23. The van der Waals surface area contributed by atoms with Gasteiger partial charge in [0, 0.05) is 18.9 Å². The largest absolute Gasteiger partial charge is 0.374 e. The van der Waals surface area contributed by atoms with Crippen LogP contribution in [0.25, 0.3) is 0 Å². The normalized spacial score (nSPS) is 27.7. The Hall–Kier alpha value is -1.49. The summed E-state index contributed by atoms with van der Waals surface area (Å²) in [5, 5.41) is 0. The van der Waals surface area contributed by atoms with Gasteiger partial charge in [0.2, 0.25) is 0 Å². The quantitative estimate of drug-likeness (QED) is 0.749. The van der Waals surface area contributed by atoms with E-state index in [0.717, 1.165) is 12.8 Å². The highest BCUT2D eigenvalue weighted by Crippen LogP contribution is 2.29. The summed E-state index contributed by atoms with van der Waals surface area (Å²) >= 11 is 0. The summed E-state index contributed by atoms with van der Waals surface area (Å²) in [7, 11) is 0. The van der Waals surface area contributed by atoms with Crippen molar-refractivity contribution in [3.05, 3.63) is 24.3 Å². The third-order valence-electron chi connectivity index (χ3n) is 3.78. The lowest BCUT2D eigenvalue weighted by Gasteiger charge is -2.43. The van der Waals surface area contributed by atoms with Crippen LogP contribution in [-0.2, 0) is 4.74 Å². The maximum atomic E-state index is 12.4. The first-order valence-electron chi connectivity index (χ1n) is 6.55. The molecule has 0 radical (unpaired) electrons. The number of aromatic nitrogens is 2. The van der Waals surface area contributed by atoms with E-state index in [1.807, 2.05) is 4.90 Å². The topological polar surface area (TPSA) is 55.3 Å². The fourth-order valence-corrected chi connectivity index (χ4v) is 2.91. The molecule has 1 amide bonds. The molecule has 1 saturated carbocycles. The molecular weight excluding hydrogens is 230 g/mol. The summed E-state index contributed by atoms with van der Waals surface area (Å²) in [6, 6.07) is 0.224. The van der Waals surface area contributed by atoms with E-state index in [2.05, 4.69) is 9.97 Å². The molecule has 1 aromatic rings. The molecule has 0 N–H and O–H groups in total. The van der Waals surface area contributed by atoms with E-state index in [0.29, 0.717) is 18.8 Å². The van der Waals surface area contributed by atoms with E-state index >= 15 is 0 Å². The smallest absolute Gasteiger partial charge is 0.274 e. The fourth-order valence-electron chi connectivity index (χ4n) is 2.91. The summed E-state index contributed by atoms with van der Waals surface area (Å²) in [6.45, 7) is 1.30. The molecule has 5 heteroatoms. The number of carbonyl (C=O) groups excluding carboxylic acids is 1. The van der Waals surface area contributed by atoms with Crippen molar-refractivity contribution in [2.75, 3.05) is 13.2 Å². The Morgan fingerprint density at radius 2 is 2.22 bits per heavy atom. The van der Waals surface area contributed by atoms with Crippen LogP contribution in [0.15, 0.2) is 18.6 Å². The zero-order chi connectivity index (χ0) is 12.4. The van der Waals surface area contributed by atoms with Gasteiger partial charge in [-0.15, -0.1) is 0 Å². The molecule has 5 nitrogen and oxygen atoms in total. The van der Waals surface area contributed by atoms with Crippen LogP contribution in [0, 0.1) is 0 Å². The summed E-state index contributed by atoms with van der Waals surface area (Å²) < 4.78 is 5.77. The number of hydrogen-bond acceptors (Lipinski definition) is 4. The van der Waals surface area contributed by atoms with E-state index in [9.17, 15) is 4.79 Å². The van der Waals surface area contributed by atoms with E-state index in [-0.39, 0.29) is 18.1 Å². The molecule has 2 aliphatic rings. The van der Waals surface area contributed by atoms with Gasteiger partial charge in [0.25, 0.3) is 5.91 Å². The Bertz CT molecular complexity index is 422. The molecule has 2 atom stereocenters. The number of hydrogen-bond donors (Lipinski definition) is 0. The average molecular weight is 247 g/mol. The van der Waals surface area contributed by atoms with Crippen LogP contribution in [0.1, 0.15) is 36.2 Å². The summed E-state index contributed by atoms with van der Waals surface area (Å²) in [5.41, 5.74) is 0.434.